The lowest BCUT2D eigenvalue weighted by atomic mass is 9.96. The third kappa shape index (κ3) is 2.06. The lowest BCUT2D eigenvalue weighted by molar-refractivity contribution is 0.487. The molecule has 0 bridgehead atoms. The van der Waals surface area contributed by atoms with Gasteiger partial charge in [0.25, 0.3) is 0 Å². The number of hydrogen-bond acceptors (Lipinski definition) is 1. The van der Waals surface area contributed by atoms with Crippen molar-refractivity contribution in [2.75, 3.05) is 0 Å². The minimum absolute atomic E-state index is 0.0972. The summed E-state index contributed by atoms with van der Waals surface area (Å²) in [4.78, 5) is 0. The maximum absolute atomic E-state index is 13.0. The standard InChI is InChI=1S/C9H10BrF2N/c1-9(2,13)5-3-4-6(11)8(12)7(5)10/h3-4H,13H2,1-2H3. The van der Waals surface area contributed by atoms with Crippen molar-refractivity contribution in [1.29, 1.82) is 0 Å². The first-order valence-corrected chi connectivity index (χ1v) is 4.56. The number of nitrogens with two attached hydrogens (primary N) is 1. The highest BCUT2D eigenvalue weighted by molar-refractivity contribution is 9.10. The quantitative estimate of drug-likeness (QED) is 0.762. The van der Waals surface area contributed by atoms with E-state index in [9.17, 15) is 8.78 Å². The summed E-state index contributed by atoms with van der Waals surface area (Å²) in [5.74, 6) is -1.77. The molecule has 4 heteroatoms. The summed E-state index contributed by atoms with van der Waals surface area (Å²) in [5, 5.41) is 0. The first-order chi connectivity index (χ1) is 5.84. The summed E-state index contributed by atoms with van der Waals surface area (Å²) in [6, 6.07) is 2.55. The van der Waals surface area contributed by atoms with Gasteiger partial charge in [0.15, 0.2) is 11.6 Å². The van der Waals surface area contributed by atoms with Gasteiger partial charge in [-0.1, -0.05) is 6.07 Å². The van der Waals surface area contributed by atoms with Crippen LogP contribution in [0.5, 0.6) is 0 Å². The highest BCUT2D eigenvalue weighted by Gasteiger charge is 2.21. The maximum atomic E-state index is 13.0. The number of rotatable bonds is 1. The lowest BCUT2D eigenvalue weighted by Crippen LogP contribution is -2.29. The van der Waals surface area contributed by atoms with E-state index in [-0.39, 0.29) is 4.47 Å². The highest BCUT2D eigenvalue weighted by atomic mass is 79.9. The Bertz CT molecular complexity index is 331. The molecule has 1 aromatic carbocycles. The summed E-state index contributed by atoms with van der Waals surface area (Å²) < 4.78 is 25.8. The molecule has 0 saturated carbocycles. The summed E-state index contributed by atoms with van der Waals surface area (Å²) in [6.07, 6.45) is 0. The molecule has 0 aliphatic carbocycles. The van der Waals surface area contributed by atoms with E-state index in [2.05, 4.69) is 15.9 Å². The summed E-state index contributed by atoms with van der Waals surface area (Å²) in [7, 11) is 0. The van der Waals surface area contributed by atoms with Crippen LogP contribution in [-0.4, -0.2) is 0 Å². The van der Waals surface area contributed by atoms with Crippen molar-refractivity contribution in [3.05, 3.63) is 33.8 Å². The Morgan fingerprint density at radius 2 is 1.85 bits per heavy atom. The van der Waals surface area contributed by atoms with Crippen LogP contribution < -0.4 is 5.73 Å². The predicted octanol–water partition coefficient (Wildman–Crippen LogP) is 2.92. The van der Waals surface area contributed by atoms with Gasteiger partial charge in [-0.3, -0.25) is 0 Å². The first-order valence-electron chi connectivity index (χ1n) is 3.77. The van der Waals surface area contributed by atoms with Crippen molar-refractivity contribution >= 4 is 15.9 Å². The minimum Gasteiger partial charge on any atom is -0.322 e. The van der Waals surface area contributed by atoms with Crippen molar-refractivity contribution < 1.29 is 8.78 Å². The Morgan fingerprint density at radius 3 is 2.31 bits per heavy atom. The highest BCUT2D eigenvalue weighted by Crippen LogP contribution is 2.29. The third-order valence-corrected chi connectivity index (χ3v) is 2.50. The molecule has 0 unspecified atom stereocenters. The van der Waals surface area contributed by atoms with Gasteiger partial charge in [-0.15, -0.1) is 0 Å². The molecule has 13 heavy (non-hydrogen) atoms. The van der Waals surface area contributed by atoms with Crippen LogP contribution in [-0.2, 0) is 5.54 Å². The average Bonchev–Trinajstić information content (AvgIpc) is 1.98. The summed E-state index contributed by atoms with van der Waals surface area (Å²) in [6.45, 7) is 3.45. The van der Waals surface area contributed by atoms with Crippen LogP contribution >= 0.6 is 15.9 Å². The van der Waals surface area contributed by atoms with Gasteiger partial charge in [-0.25, -0.2) is 8.78 Å². The van der Waals surface area contributed by atoms with Gasteiger partial charge in [0.05, 0.1) is 4.47 Å². The Balaban J connectivity index is 3.35. The van der Waals surface area contributed by atoms with Crippen LogP contribution in [0, 0.1) is 11.6 Å². The fraction of sp³-hybridized carbons (Fsp3) is 0.333. The van der Waals surface area contributed by atoms with Crippen molar-refractivity contribution in [1.82, 2.24) is 0 Å². The Hall–Kier alpha value is -0.480. The molecule has 0 atom stereocenters. The Kier molecular flexibility index (Phi) is 2.73. The molecular formula is C9H10BrF2N. The van der Waals surface area contributed by atoms with Crippen molar-refractivity contribution in [2.45, 2.75) is 19.4 Å². The van der Waals surface area contributed by atoms with Gasteiger partial charge in [-0.2, -0.15) is 0 Å². The van der Waals surface area contributed by atoms with E-state index in [4.69, 9.17) is 5.73 Å². The van der Waals surface area contributed by atoms with E-state index in [1.807, 2.05) is 0 Å². The lowest BCUT2D eigenvalue weighted by Gasteiger charge is -2.20. The zero-order chi connectivity index (χ0) is 10.2. The molecule has 1 nitrogen and oxygen atoms in total. The van der Waals surface area contributed by atoms with Crippen LogP contribution in [0.1, 0.15) is 19.4 Å². The molecule has 0 aliphatic rings. The fourth-order valence-electron chi connectivity index (χ4n) is 1.02. The zero-order valence-corrected chi connectivity index (χ0v) is 8.95. The number of benzene rings is 1. The molecule has 1 rings (SSSR count). The molecule has 1 aromatic rings. The van der Waals surface area contributed by atoms with Crippen LogP contribution in [0.3, 0.4) is 0 Å². The van der Waals surface area contributed by atoms with Crippen molar-refractivity contribution in [3.8, 4) is 0 Å². The van der Waals surface area contributed by atoms with E-state index in [1.165, 1.54) is 6.07 Å². The molecule has 0 saturated heterocycles. The number of hydrogen-bond donors (Lipinski definition) is 1. The van der Waals surface area contributed by atoms with E-state index < -0.39 is 17.2 Å². The van der Waals surface area contributed by atoms with Crippen LogP contribution in [0.15, 0.2) is 16.6 Å². The molecule has 0 amide bonds. The van der Waals surface area contributed by atoms with E-state index in [0.717, 1.165) is 6.07 Å². The molecule has 0 fully saturated rings. The van der Waals surface area contributed by atoms with E-state index in [0.29, 0.717) is 5.56 Å². The summed E-state index contributed by atoms with van der Waals surface area (Å²) in [5.41, 5.74) is 5.62. The smallest absolute Gasteiger partial charge is 0.173 e. The molecule has 0 aromatic heterocycles. The molecule has 0 heterocycles. The second-order valence-electron chi connectivity index (χ2n) is 3.44. The number of halogens is 3. The molecule has 2 N–H and O–H groups in total. The van der Waals surface area contributed by atoms with Crippen molar-refractivity contribution in [3.63, 3.8) is 0 Å². The minimum atomic E-state index is -0.893. The van der Waals surface area contributed by atoms with Gasteiger partial charge >= 0.3 is 0 Å². The average molecular weight is 250 g/mol. The van der Waals surface area contributed by atoms with Gasteiger partial charge in [0.1, 0.15) is 0 Å². The Labute approximate surface area is 84.1 Å². The van der Waals surface area contributed by atoms with Crippen LogP contribution in [0.25, 0.3) is 0 Å². The second kappa shape index (κ2) is 3.35. The predicted molar refractivity (Wildman–Crippen MR) is 51.3 cm³/mol. The third-order valence-electron chi connectivity index (χ3n) is 1.73. The second-order valence-corrected chi connectivity index (χ2v) is 4.24. The fourth-order valence-corrected chi connectivity index (χ4v) is 1.86. The first kappa shape index (κ1) is 10.6. The van der Waals surface area contributed by atoms with E-state index in [1.54, 1.807) is 13.8 Å². The van der Waals surface area contributed by atoms with Crippen LogP contribution in [0.2, 0.25) is 0 Å². The topological polar surface area (TPSA) is 26.0 Å². The Morgan fingerprint density at radius 1 is 1.31 bits per heavy atom. The molecular weight excluding hydrogens is 240 g/mol. The van der Waals surface area contributed by atoms with E-state index >= 15 is 0 Å². The normalized spacial score (nSPS) is 11.8. The monoisotopic (exact) mass is 249 g/mol. The SMILES string of the molecule is CC(C)(N)c1ccc(F)c(F)c1Br. The van der Waals surface area contributed by atoms with Gasteiger partial charge in [0, 0.05) is 5.54 Å². The summed E-state index contributed by atoms with van der Waals surface area (Å²) >= 11 is 2.97. The van der Waals surface area contributed by atoms with Gasteiger partial charge in [0.2, 0.25) is 0 Å². The van der Waals surface area contributed by atoms with Crippen molar-refractivity contribution in [2.24, 2.45) is 5.73 Å². The maximum Gasteiger partial charge on any atom is 0.173 e. The van der Waals surface area contributed by atoms with Gasteiger partial charge in [-0.05, 0) is 41.4 Å². The molecule has 0 aliphatic heterocycles. The van der Waals surface area contributed by atoms with Gasteiger partial charge < -0.3 is 5.73 Å². The zero-order valence-electron chi connectivity index (χ0n) is 7.37. The largest absolute Gasteiger partial charge is 0.322 e. The molecule has 0 spiro atoms. The molecule has 72 valence electrons. The van der Waals surface area contributed by atoms with Crippen LogP contribution in [0.4, 0.5) is 8.78 Å². The molecule has 0 radical (unpaired) electrons.